The van der Waals surface area contributed by atoms with Crippen molar-refractivity contribution < 1.29 is 23.0 Å². The van der Waals surface area contributed by atoms with Crippen LogP contribution in [0.25, 0.3) is 0 Å². The lowest BCUT2D eigenvalue weighted by atomic mass is 10.2. The van der Waals surface area contributed by atoms with Crippen molar-refractivity contribution in [1.82, 2.24) is 0 Å². The molecule has 1 atom stereocenters. The maximum absolute atomic E-state index is 11.8. The molecule has 1 heterocycles. The van der Waals surface area contributed by atoms with Crippen LogP contribution in [0.15, 0.2) is 0 Å². The van der Waals surface area contributed by atoms with Crippen LogP contribution >= 0.6 is 0 Å². The van der Waals surface area contributed by atoms with Gasteiger partial charge in [0.25, 0.3) is 5.79 Å². The van der Waals surface area contributed by atoms with E-state index in [-0.39, 0.29) is 19.4 Å². The summed E-state index contributed by atoms with van der Waals surface area (Å²) in [5.74, 6) is -2.87. The number of ether oxygens (including phenoxy) is 1. The van der Waals surface area contributed by atoms with Gasteiger partial charge >= 0.3 is 6.18 Å². The zero-order chi connectivity index (χ0) is 7.83. The van der Waals surface area contributed by atoms with Crippen LogP contribution in [0.2, 0.25) is 0 Å². The predicted molar refractivity (Wildman–Crippen MR) is 26.2 cm³/mol. The molecule has 2 nitrogen and oxygen atoms in total. The molecule has 0 aromatic heterocycles. The molecule has 0 bridgehead atoms. The van der Waals surface area contributed by atoms with Crippen molar-refractivity contribution in [3.05, 3.63) is 0 Å². The Hall–Kier alpha value is -0.290. The fourth-order valence-electron chi connectivity index (χ4n) is 0.849. The molecule has 1 fully saturated rings. The topological polar surface area (TPSA) is 29.5 Å². The van der Waals surface area contributed by atoms with E-state index in [1.165, 1.54) is 0 Å². The van der Waals surface area contributed by atoms with Crippen LogP contribution in [0.4, 0.5) is 13.2 Å². The highest BCUT2D eigenvalue weighted by Gasteiger charge is 2.56. The van der Waals surface area contributed by atoms with E-state index in [9.17, 15) is 13.2 Å². The number of aliphatic hydroxyl groups is 1. The Bertz CT molecular complexity index is 125. The average Bonchev–Trinajstić information content (AvgIpc) is 2.13. The van der Waals surface area contributed by atoms with Gasteiger partial charge < -0.3 is 9.84 Å². The van der Waals surface area contributed by atoms with E-state index < -0.39 is 12.0 Å². The van der Waals surface area contributed by atoms with E-state index in [0.29, 0.717) is 0 Å². The Morgan fingerprint density at radius 1 is 1.40 bits per heavy atom. The third-order valence-electron chi connectivity index (χ3n) is 1.44. The maximum Gasteiger partial charge on any atom is 0.443 e. The number of alkyl halides is 3. The van der Waals surface area contributed by atoms with Gasteiger partial charge in [0, 0.05) is 6.42 Å². The number of rotatable bonds is 0. The second-order valence-corrected chi connectivity index (χ2v) is 2.23. The molecular weight excluding hydrogens is 149 g/mol. The molecule has 0 aliphatic carbocycles. The largest absolute Gasteiger partial charge is 0.443 e. The Balaban J connectivity index is 2.67. The van der Waals surface area contributed by atoms with Gasteiger partial charge in [-0.2, -0.15) is 13.2 Å². The highest BCUT2D eigenvalue weighted by Crippen LogP contribution is 2.38. The van der Waals surface area contributed by atoms with Crippen LogP contribution in [-0.4, -0.2) is 23.7 Å². The quantitative estimate of drug-likeness (QED) is 0.568. The van der Waals surface area contributed by atoms with Gasteiger partial charge in [0.2, 0.25) is 0 Å². The fourth-order valence-corrected chi connectivity index (χ4v) is 0.849. The zero-order valence-electron chi connectivity index (χ0n) is 5.11. The first-order valence-electron chi connectivity index (χ1n) is 2.89. The van der Waals surface area contributed by atoms with Crippen molar-refractivity contribution in [3.8, 4) is 0 Å². The van der Waals surface area contributed by atoms with Crippen LogP contribution in [0.3, 0.4) is 0 Å². The Morgan fingerprint density at radius 2 is 2.00 bits per heavy atom. The lowest BCUT2D eigenvalue weighted by Crippen LogP contribution is -2.44. The molecule has 0 saturated carbocycles. The third-order valence-corrected chi connectivity index (χ3v) is 1.44. The van der Waals surface area contributed by atoms with E-state index >= 15 is 0 Å². The molecule has 1 N–H and O–H groups in total. The van der Waals surface area contributed by atoms with Crippen molar-refractivity contribution in [2.75, 3.05) is 6.61 Å². The highest BCUT2D eigenvalue weighted by molar-refractivity contribution is 4.80. The Kier molecular flexibility index (Phi) is 1.64. The van der Waals surface area contributed by atoms with Crippen molar-refractivity contribution in [3.63, 3.8) is 0 Å². The van der Waals surface area contributed by atoms with Crippen molar-refractivity contribution in [2.45, 2.75) is 24.8 Å². The first-order valence-corrected chi connectivity index (χ1v) is 2.89. The normalized spacial score (nSPS) is 34.8. The highest BCUT2D eigenvalue weighted by atomic mass is 19.4. The predicted octanol–water partition coefficient (Wildman–Crippen LogP) is 1.05. The molecule has 0 aromatic carbocycles. The minimum atomic E-state index is -4.65. The zero-order valence-corrected chi connectivity index (χ0v) is 5.11. The summed E-state index contributed by atoms with van der Waals surface area (Å²) in [6.45, 7) is -0.0178. The van der Waals surface area contributed by atoms with Crippen LogP contribution in [0.5, 0.6) is 0 Å². The first-order chi connectivity index (χ1) is 4.46. The van der Waals surface area contributed by atoms with Crippen LogP contribution in [-0.2, 0) is 4.74 Å². The third kappa shape index (κ3) is 1.11. The van der Waals surface area contributed by atoms with E-state index in [1.54, 1.807) is 0 Å². The van der Waals surface area contributed by atoms with Gasteiger partial charge in [-0.3, -0.25) is 0 Å². The van der Waals surface area contributed by atoms with Crippen LogP contribution < -0.4 is 0 Å². The molecular formula is C5H7F3O2. The molecule has 1 aliphatic rings. The van der Waals surface area contributed by atoms with E-state index in [4.69, 9.17) is 5.11 Å². The molecule has 1 rings (SSSR count). The van der Waals surface area contributed by atoms with Gasteiger partial charge in [-0.1, -0.05) is 0 Å². The van der Waals surface area contributed by atoms with Crippen LogP contribution in [0.1, 0.15) is 12.8 Å². The van der Waals surface area contributed by atoms with Gasteiger partial charge in [-0.05, 0) is 6.42 Å². The Morgan fingerprint density at radius 3 is 2.20 bits per heavy atom. The smallest absolute Gasteiger partial charge is 0.359 e. The standard InChI is InChI=1S/C5H7F3O2/c6-5(7,8)4(9)2-1-3-10-4/h9H,1-3H2. The molecule has 5 heteroatoms. The Labute approximate surface area is 55.6 Å². The van der Waals surface area contributed by atoms with Gasteiger partial charge in [-0.25, -0.2) is 0 Å². The summed E-state index contributed by atoms with van der Waals surface area (Å²) in [4.78, 5) is 0. The number of halogens is 3. The molecule has 0 radical (unpaired) electrons. The SMILES string of the molecule is OC1(C(F)(F)F)CCCO1. The molecule has 1 unspecified atom stereocenters. The summed E-state index contributed by atoms with van der Waals surface area (Å²) >= 11 is 0. The van der Waals surface area contributed by atoms with Crippen molar-refractivity contribution in [1.29, 1.82) is 0 Å². The fraction of sp³-hybridized carbons (Fsp3) is 1.00. The molecule has 0 spiro atoms. The van der Waals surface area contributed by atoms with Gasteiger partial charge in [0.15, 0.2) is 0 Å². The molecule has 60 valence electrons. The summed E-state index contributed by atoms with van der Waals surface area (Å²) in [7, 11) is 0. The molecule has 0 aromatic rings. The maximum atomic E-state index is 11.8. The van der Waals surface area contributed by atoms with Crippen molar-refractivity contribution in [2.24, 2.45) is 0 Å². The van der Waals surface area contributed by atoms with E-state index in [0.717, 1.165) is 0 Å². The second kappa shape index (κ2) is 2.10. The van der Waals surface area contributed by atoms with E-state index in [1.807, 2.05) is 0 Å². The molecule has 1 saturated heterocycles. The van der Waals surface area contributed by atoms with E-state index in [2.05, 4.69) is 4.74 Å². The minimum Gasteiger partial charge on any atom is -0.359 e. The molecule has 1 aliphatic heterocycles. The van der Waals surface area contributed by atoms with Gasteiger partial charge in [0.1, 0.15) is 0 Å². The van der Waals surface area contributed by atoms with Gasteiger partial charge in [0.05, 0.1) is 6.61 Å². The second-order valence-electron chi connectivity index (χ2n) is 2.23. The minimum absolute atomic E-state index is 0.0178. The summed E-state index contributed by atoms with van der Waals surface area (Å²) in [6, 6.07) is 0. The summed E-state index contributed by atoms with van der Waals surface area (Å²) in [5, 5.41) is 8.68. The molecule has 10 heavy (non-hydrogen) atoms. The first kappa shape index (κ1) is 7.81. The van der Waals surface area contributed by atoms with Crippen molar-refractivity contribution >= 4 is 0 Å². The lowest BCUT2D eigenvalue weighted by Gasteiger charge is -2.23. The van der Waals surface area contributed by atoms with Gasteiger partial charge in [-0.15, -0.1) is 0 Å². The summed E-state index contributed by atoms with van der Waals surface area (Å²) in [5.41, 5.74) is 0. The monoisotopic (exact) mass is 156 g/mol. The average molecular weight is 156 g/mol. The number of hydrogen-bond acceptors (Lipinski definition) is 2. The summed E-state index contributed by atoms with van der Waals surface area (Å²) in [6.07, 6.45) is -4.74. The lowest BCUT2D eigenvalue weighted by molar-refractivity contribution is -0.349. The summed E-state index contributed by atoms with van der Waals surface area (Å²) < 4.78 is 39.4. The molecule has 0 amide bonds. The number of hydrogen-bond donors (Lipinski definition) is 1. The van der Waals surface area contributed by atoms with Crippen LogP contribution in [0, 0.1) is 0 Å².